The van der Waals surface area contributed by atoms with Crippen LogP contribution in [0, 0.1) is 29.1 Å². The Bertz CT molecular complexity index is 584. The van der Waals surface area contributed by atoms with Gasteiger partial charge in [0.1, 0.15) is 0 Å². The van der Waals surface area contributed by atoms with Crippen LogP contribution >= 0.6 is 0 Å². The van der Waals surface area contributed by atoms with Crippen LogP contribution in [0.2, 0.25) is 0 Å². The number of nitrogens with zero attached hydrogens (tertiary/aromatic N) is 3. The van der Waals surface area contributed by atoms with Crippen LogP contribution in [0.1, 0.15) is 84.5 Å². The molecule has 2 heterocycles. The molecule has 0 radical (unpaired) electrons. The zero-order valence-electron chi connectivity index (χ0n) is 17.6. The smallest absolute Gasteiger partial charge is 0.197 e. The second-order valence-electron chi connectivity index (χ2n) is 11.5. The fourth-order valence-corrected chi connectivity index (χ4v) is 8.87. The molecule has 0 aromatic rings. The monoisotopic (exact) mass is 369 g/mol. The first-order chi connectivity index (χ1) is 13.1. The number of hydrogen-bond donors (Lipinski definition) is 0. The number of aliphatic imine (C=N–C) groups is 1. The lowest BCUT2D eigenvalue weighted by Gasteiger charge is -2.61. The second kappa shape index (κ2) is 6.13. The lowest BCUT2D eigenvalue weighted by Crippen LogP contribution is -2.59. The van der Waals surface area contributed by atoms with Gasteiger partial charge in [0.25, 0.3) is 0 Å². The molecule has 1 unspecified atom stereocenters. The molecule has 7 rings (SSSR count). The zero-order valence-corrected chi connectivity index (χ0v) is 17.6. The maximum Gasteiger partial charge on any atom is 0.197 e. The van der Waals surface area contributed by atoms with Crippen LogP contribution in [0.3, 0.4) is 0 Å². The first-order valence-corrected chi connectivity index (χ1v) is 12.2. The Morgan fingerprint density at radius 3 is 2.22 bits per heavy atom. The highest BCUT2D eigenvalue weighted by atomic mass is 15.5. The summed E-state index contributed by atoms with van der Waals surface area (Å²) in [5, 5.41) is 0. The molecule has 0 spiro atoms. The Hall–Kier alpha value is -0.730. The van der Waals surface area contributed by atoms with Gasteiger partial charge in [-0.05, 0) is 94.3 Å². The van der Waals surface area contributed by atoms with Gasteiger partial charge in [-0.2, -0.15) is 0 Å². The molecule has 0 N–H and O–H groups in total. The third kappa shape index (κ3) is 2.55. The van der Waals surface area contributed by atoms with Crippen LogP contribution < -0.4 is 0 Å². The number of guanidine groups is 1. The highest BCUT2D eigenvalue weighted by Crippen LogP contribution is 2.62. The van der Waals surface area contributed by atoms with Gasteiger partial charge in [0.15, 0.2) is 5.96 Å². The van der Waals surface area contributed by atoms with E-state index in [2.05, 4.69) is 23.6 Å². The molecule has 2 aliphatic heterocycles. The molecule has 0 aromatic heterocycles. The van der Waals surface area contributed by atoms with E-state index in [0.29, 0.717) is 17.5 Å². The van der Waals surface area contributed by atoms with Crippen molar-refractivity contribution in [1.82, 2.24) is 9.80 Å². The van der Waals surface area contributed by atoms with Crippen molar-refractivity contribution in [2.45, 2.75) is 103 Å². The summed E-state index contributed by atoms with van der Waals surface area (Å²) < 4.78 is 0. The number of hydrogen-bond acceptors (Lipinski definition) is 3. The Balaban J connectivity index is 1.33. The molecule has 150 valence electrons. The van der Waals surface area contributed by atoms with Gasteiger partial charge in [0, 0.05) is 18.6 Å². The van der Waals surface area contributed by atoms with Gasteiger partial charge < -0.3 is 9.80 Å². The van der Waals surface area contributed by atoms with E-state index in [4.69, 9.17) is 4.99 Å². The molecule has 3 heteroatoms. The van der Waals surface area contributed by atoms with Crippen LogP contribution in [0.5, 0.6) is 0 Å². The molecule has 3 nitrogen and oxygen atoms in total. The Kier molecular flexibility index (Phi) is 3.90. The molecule has 5 saturated carbocycles. The third-order valence-corrected chi connectivity index (χ3v) is 9.84. The van der Waals surface area contributed by atoms with Crippen molar-refractivity contribution in [3.63, 3.8) is 0 Å². The summed E-state index contributed by atoms with van der Waals surface area (Å²) in [7, 11) is 0. The fourth-order valence-electron chi connectivity index (χ4n) is 8.87. The lowest BCUT2D eigenvalue weighted by atomic mass is 9.47. The normalized spacial score (nSPS) is 47.5. The standard InChI is InChI=1S/C24H39N3/c1-16-14-25-23-26(16)15-22(21-6-4-3-5-7-21)27(23)17(2)24-11-18-8-19(12-24)10-20(9-18)13-24/h16-22H,3-15H2,1-2H3/t16-,17?,18?,19?,20?,22+,24?/m0/s1. The molecular formula is C24H39N3. The predicted molar refractivity (Wildman–Crippen MR) is 111 cm³/mol. The SMILES string of the molecule is CC(N1C2=NC[C@H](C)N2C[C@@H]1C1CCCCC1)C12CC3CC(CC(C3)C1)C2. The molecular weight excluding hydrogens is 330 g/mol. The fraction of sp³-hybridized carbons (Fsp3) is 0.958. The first kappa shape index (κ1) is 17.2. The van der Waals surface area contributed by atoms with Crippen molar-refractivity contribution < 1.29 is 0 Å². The zero-order chi connectivity index (χ0) is 18.2. The maximum atomic E-state index is 5.12. The van der Waals surface area contributed by atoms with Crippen LogP contribution in [0.25, 0.3) is 0 Å². The van der Waals surface area contributed by atoms with E-state index in [1.54, 1.807) is 19.3 Å². The van der Waals surface area contributed by atoms with Gasteiger partial charge >= 0.3 is 0 Å². The van der Waals surface area contributed by atoms with Crippen molar-refractivity contribution >= 4 is 5.96 Å². The molecule has 3 atom stereocenters. The van der Waals surface area contributed by atoms with Gasteiger partial charge in [-0.25, -0.2) is 0 Å². The summed E-state index contributed by atoms with van der Waals surface area (Å²) in [6, 6.07) is 2.07. The largest absolute Gasteiger partial charge is 0.336 e. The Labute approximate surface area is 166 Å². The minimum absolute atomic E-state index is 0.603. The predicted octanol–water partition coefficient (Wildman–Crippen LogP) is 4.92. The average Bonchev–Trinajstić information content (AvgIpc) is 3.20. The second-order valence-corrected chi connectivity index (χ2v) is 11.5. The molecule has 6 fully saturated rings. The van der Waals surface area contributed by atoms with Crippen molar-refractivity contribution in [2.24, 2.45) is 34.1 Å². The third-order valence-electron chi connectivity index (χ3n) is 9.84. The molecule has 4 bridgehead atoms. The Morgan fingerprint density at radius 2 is 1.59 bits per heavy atom. The van der Waals surface area contributed by atoms with Crippen molar-refractivity contribution in [3.8, 4) is 0 Å². The van der Waals surface area contributed by atoms with E-state index in [1.807, 2.05) is 0 Å². The van der Waals surface area contributed by atoms with Crippen LogP contribution in [-0.4, -0.2) is 47.0 Å². The van der Waals surface area contributed by atoms with Crippen molar-refractivity contribution in [1.29, 1.82) is 0 Å². The van der Waals surface area contributed by atoms with E-state index in [-0.39, 0.29) is 0 Å². The van der Waals surface area contributed by atoms with Gasteiger partial charge in [-0.15, -0.1) is 0 Å². The topological polar surface area (TPSA) is 18.8 Å². The molecule has 0 amide bonds. The maximum absolute atomic E-state index is 5.12. The lowest BCUT2D eigenvalue weighted by molar-refractivity contribution is -0.0914. The summed E-state index contributed by atoms with van der Waals surface area (Å²) >= 11 is 0. The van der Waals surface area contributed by atoms with Gasteiger partial charge in [0.05, 0.1) is 12.6 Å². The summed E-state index contributed by atoms with van der Waals surface area (Å²) in [5.74, 6) is 5.47. The molecule has 1 saturated heterocycles. The van der Waals surface area contributed by atoms with Crippen LogP contribution in [0.4, 0.5) is 0 Å². The van der Waals surface area contributed by atoms with Crippen molar-refractivity contribution in [2.75, 3.05) is 13.1 Å². The Morgan fingerprint density at radius 1 is 0.963 bits per heavy atom. The highest BCUT2D eigenvalue weighted by molar-refractivity contribution is 5.85. The summed E-state index contributed by atoms with van der Waals surface area (Å²) in [5.41, 5.74) is 0.603. The van der Waals surface area contributed by atoms with E-state index >= 15 is 0 Å². The van der Waals surface area contributed by atoms with E-state index < -0.39 is 0 Å². The quantitative estimate of drug-likeness (QED) is 0.703. The molecule has 0 aromatic carbocycles. The number of rotatable bonds is 3. The summed E-state index contributed by atoms with van der Waals surface area (Å²) in [6.45, 7) is 7.31. The summed E-state index contributed by atoms with van der Waals surface area (Å²) in [6.07, 6.45) is 16.6. The minimum atomic E-state index is 0.603. The van der Waals surface area contributed by atoms with Crippen LogP contribution in [-0.2, 0) is 0 Å². The van der Waals surface area contributed by atoms with E-state index in [1.165, 1.54) is 63.9 Å². The summed E-state index contributed by atoms with van der Waals surface area (Å²) in [4.78, 5) is 10.7. The van der Waals surface area contributed by atoms with Gasteiger partial charge in [-0.3, -0.25) is 4.99 Å². The van der Waals surface area contributed by atoms with E-state index in [0.717, 1.165) is 36.3 Å². The molecule has 27 heavy (non-hydrogen) atoms. The van der Waals surface area contributed by atoms with Gasteiger partial charge in [-0.1, -0.05) is 19.3 Å². The highest BCUT2D eigenvalue weighted by Gasteiger charge is 2.57. The van der Waals surface area contributed by atoms with Gasteiger partial charge in [0.2, 0.25) is 0 Å². The minimum Gasteiger partial charge on any atom is -0.336 e. The van der Waals surface area contributed by atoms with E-state index in [9.17, 15) is 0 Å². The number of fused-ring (bicyclic) bond motifs is 1. The van der Waals surface area contributed by atoms with Crippen LogP contribution in [0.15, 0.2) is 4.99 Å². The van der Waals surface area contributed by atoms with Crippen molar-refractivity contribution in [3.05, 3.63) is 0 Å². The first-order valence-electron chi connectivity index (χ1n) is 12.2. The molecule has 7 aliphatic rings. The molecule has 5 aliphatic carbocycles. The average molecular weight is 370 g/mol.